The number of benzene rings is 1. The minimum atomic E-state index is -4.53. The van der Waals surface area contributed by atoms with Crippen molar-refractivity contribution in [2.24, 2.45) is 0 Å². The van der Waals surface area contributed by atoms with E-state index in [4.69, 9.17) is 4.74 Å². The van der Waals surface area contributed by atoms with Crippen LogP contribution in [0.25, 0.3) is 5.69 Å². The van der Waals surface area contributed by atoms with Crippen molar-refractivity contribution in [2.75, 3.05) is 26.2 Å². The van der Waals surface area contributed by atoms with E-state index in [0.29, 0.717) is 0 Å². The molecule has 0 bridgehead atoms. The lowest BCUT2D eigenvalue weighted by Crippen LogP contribution is -2.53. The molecular weight excluding hydrogens is 453 g/mol. The van der Waals surface area contributed by atoms with Gasteiger partial charge < -0.3 is 14.5 Å². The highest BCUT2D eigenvalue weighted by atomic mass is 19.4. The molecule has 1 aliphatic rings. The van der Waals surface area contributed by atoms with Gasteiger partial charge in [0.15, 0.2) is 0 Å². The van der Waals surface area contributed by atoms with Crippen molar-refractivity contribution in [3.8, 4) is 5.69 Å². The molecule has 2 aromatic rings. The normalized spacial score (nSPS) is 14.8. The summed E-state index contributed by atoms with van der Waals surface area (Å²) in [6, 6.07) is 4.58. The third-order valence-electron chi connectivity index (χ3n) is 5.35. The molecule has 0 radical (unpaired) electrons. The highest BCUT2D eigenvalue weighted by Gasteiger charge is 2.34. The van der Waals surface area contributed by atoms with E-state index < -0.39 is 35.1 Å². The van der Waals surface area contributed by atoms with Crippen LogP contribution in [0.1, 0.15) is 48.1 Å². The van der Waals surface area contributed by atoms with E-state index in [9.17, 15) is 27.6 Å². The van der Waals surface area contributed by atoms with Crippen LogP contribution < -0.4 is 0 Å². The highest BCUT2D eigenvalue weighted by molar-refractivity contribution is 6.43. The smallest absolute Gasteiger partial charge is 0.416 e. The summed E-state index contributed by atoms with van der Waals surface area (Å²) in [7, 11) is 0. The lowest BCUT2D eigenvalue weighted by Gasteiger charge is -2.35. The highest BCUT2D eigenvalue weighted by Crippen LogP contribution is 2.31. The van der Waals surface area contributed by atoms with Crippen molar-refractivity contribution in [1.82, 2.24) is 19.6 Å². The number of ketones is 1. The van der Waals surface area contributed by atoms with E-state index in [2.05, 4.69) is 5.10 Å². The van der Waals surface area contributed by atoms with Crippen molar-refractivity contribution in [2.45, 2.75) is 46.4 Å². The molecule has 34 heavy (non-hydrogen) atoms. The maximum atomic E-state index is 13.1. The van der Waals surface area contributed by atoms with Gasteiger partial charge in [-0.25, -0.2) is 9.48 Å². The second kappa shape index (κ2) is 9.11. The van der Waals surface area contributed by atoms with Gasteiger partial charge >= 0.3 is 12.3 Å². The van der Waals surface area contributed by atoms with Crippen LogP contribution in [0, 0.1) is 13.8 Å². The molecule has 1 aromatic heterocycles. The Bertz CT molecular complexity index is 1110. The van der Waals surface area contributed by atoms with Crippen molar-refractivity contribution in [1.29, 1.82) is 0 Å². The molecule has 0 N–H and O–H groups in total. The van der Waals surface area contributed by atoms with Crippen molar-refractivity contribution < 1.29 is 32.3 Å². The molecule has 0 aliphatic carbocycles. The van der Waals surface area contributed by atoms with Gasteiger partial charge in [0, 0.05) is 26.2 Å². The molecule has 0 spiro atoms. The van der Waals surface area contributed by atoms with Crippen LogP contribution in [0.5, 0.6) is 0 Å². The number of piperazine rings is 1. The number of hydrogen-bond acceptors (Lipinski definition) is 5. The van der Waals surface area contributed by atoms with Crippen LogP contribution in [-0.2, 0) is 15.7 Å². The number of ether oxygens (including phenoxy) is 1. The molecule has 1 aliphatic heterocycles. The van der Waals surface area contributed by atoms with Crippen molar-refractivity contribution in [3.63, 3.8) is 0 Å². The Labute approximate surface area is 195 Å². The molecule has 8 nitrogen and oxygen atoms in total. The average molecular weight is 480 g/mol. The summed E-state index contributed by atoms with van der Waals surface area (Å²) in [4.78, 5) is 41.0. The van der Waals surface area contributed by atoms with Crippen molar-refractivity contribution >= 4 is 17.8 Å². The standard InChI is InChI=1S/C23H27F3N4O4/c1-14-18(15(2)30(27-14)17-8-6-7-16(13-17)23(24,25)26)19(31)20(32)28-9-11-29(12-10-28)21(33)34-22(3,4)5/h6-8,13H,9-12H2,1-5H3. The van der Waals surface area contributed by atoms with Gasteiger partial charge in [0.2, 0.25) is 0 Å². The van der Waals surface area contributed by atoms with Gasteiger partial charge in [-0.3, -0.25) is 9.59 Å². The Morgan fingerprint density at radius 1 is 0.971 bits per heavy atom. The number of hydrogen-bond donors (Lipinski definition) is 0. The number of aryl methyl sites for hydroxylation is 1. The molecule has 1 saturated heterocycles. The molecule has 0 saturated carbocycles. The molecule has 2 heterocycles. The first-order valence-electron chi connectivity index (χ1n) is 10.7. The number of aromatic nitrogens is 2. The number of rotatable bonds is 3. The maximum Gasteiger partial charge on any atom is 0.416 e. The molecule has 0 atom stereocenters. The molecule has 184 valence electrons. The number of carbonyl (C=O) groups is 3. The minimum Gasteiger partial charge on any atom is -0.444 e. The first-order chi connectivity index (χ1) is 15.7. The van der Waals surface area contributed by atoms with Crippen LogP contribution in [0.3, 0.4) is 0 Å². The Kier molecular flexibility index (Phi) is 6.77. The van der Waals surface area contributed by atoms with Gasteiger partial charge in [0.1, 0.15) is 5.60 Å². The summed E-state index contributed by atoms with van der Waals surface area (Å²) in [6.07, 6.45) is -5.01. The summed E-state index contributed by atoms with van der Waals surface area (Å²) in [6.45, 7) is 9.08. The van der Waals surface area contributed by atoms with Crippen LogP contribution in [0.4, 0.5) is 18.0 Å². The Morgan fingerprint density at radius 2 is 1.56 bits per heavy atom. The Hall–Kier alpha value is -3.37. The topological polar surface area (TPSA) is 84.7 Å². The quantitative estimate of drug-likeness (QED) is 0.493. The second-order valence-electron chi connectivity index (χ2n) is 9.09. The zero-order valence-corrected chi connectivity index (χ0v) is 19.7. The van der Waals surface area contributed by atoms with Crippen molar-refractivity contribution in [3.05, 3.63) is 46.8 Å². The number of carbonyl (C=O) groups excluding carboxylic acids is 3. The predicted octanol–water partition coefficient (Wildman–Crippen LogP) is 3.77. The molecule has 11 heteroatoms. The fourth-order valence-corrected chi connectivity index (χ4v) is 3.71. The monoisotopic (exact) mass is 480 g/mol. The second-order valence-corrected chi connectivity index (χ2v) is 9.09. The molecular formula is C23H27F3N4O4. The summed E-state index contributed by atoms with van der Waals surface area (Å²) in [5.41, 5.74) is -0.799. The molecule has 3 rings (SSSR count). The zero-order chi connectivity index (χ0) is 25.4. The van der Waals surface area contributed by atoms with E-state index in [1.807, 2.05) is 0 Å². The number of Topliss-reactive ketones (excluding diaryl/α,β-unsaturated/α-hetero) is 1. The van der Waals surface area contributed by atoms with Crippen LogP contribution in [0.2, 0.25) is 0 Å². The van der Waals surface area contributed by atoms with Gasteiger partial charge in [-0.15, -0.1) is 0 Å². The van der Waals surface area contributed by atoms with Gasteiger partial charge in [0.05, 0.1) is 28.2 Å². The van der Waals surface area contributed by atoms with Crippen LogP contribution in [0.15, 0.2) is 24.3 Å². The maximum absolute atomic E-state index is 13.1. The number of alkyl halides is 3. The molecule has 0 unspecified atom stereocenters. The van der Waals surface area contributed by atoms with Gasteiger partial charge in [-0.2, -0.15) is 18.3 Å². The first-order valence-corrected chi connectivity index (χ1v) is 10.7. The molecule has 1 fully saturated rings. The van der Waals surface area contributed by atoms with E-state index in [0.717, 1.165) is 12.1 Å². The lowest BCUT2D eigenvalue weighted by atomic mass is 10.1. The summed E-state index contributed by atoms with van der Waals surface area (Å²) < 4.78 is 45.9. The Balaban J connectivity index is 1.76. The van der Waals surface area contributed by atoms with E-state index in [1.54, 1.807) is 20.8 Å². The third kappa shape index (κ3) is 5.40. The SMILES string of the molecule is Cc1nn(-c2cccc(C(F)(F)F)c2)c(C)c1C(=O)C(=O)N1CCN(C(=O)OC(C)(C)C)CC1. The number of nitrogens with zero attached hydrogens (tertiary/aromatic N) is 4. The van der Waals surface area contributed by atoms with E-state index in [-0.39, 0.29) is 48.8 Å². The van der Waals surface area contributed by atoms with E-state index >= 15 is 0 Å². The zero-order valence-electron chi connectivity index (χ0n) is 19.7. The Morgan fingerprint density at radius 3 is 2.12 bits per heavy atom. The third-order valence-corrected chi connectivity index (χ3v) is 5.35. The summed E-state index contributed by atoms with van der Waals surface area (Å²) >= 11 is 0. The lowest BCUT2D eigenvalue weighted by molar-refractivity contribution is -0.137. The van der Waals surface area contributed by atoms with Gasteiger partial charge in [-0.1, -0.05) is 6.07 Å². The average Bonchev–Trinajstić information content (AvgIpc) is 3.05. The van der Waals surface area contributed by atoms with E-state index in [1.165, 1.54) is 40.5 Å². The number of amides is 2. The predicted molar refractivity (Wildman–Crippen MR) is 117 cm³/mol. The van der Waals surface area contributed by atoms with Crippen LogP contribution in [-0.4, -0.2) is 69.1 Å². The first kappa shape index (κ1) is 25.3. The minimum absolute atomic E-state index is 0.0528. The summed E-state index contributed by atoms with van der Waals surface area (Å²) in [5, 5.41) is 4.21. The van der Waals surface area contributed by atoms with Gasteiger partial charge in [-0.05, 0) is 52.8 Å². The fraction of sp³-hybridized carbons (Fsp3) is 0.478. The number of halogens is 3. The van der Waals surface area contributed by atoms with Crippen LogP contribution >= 0.6 is 0 Å². The molecule has 2 amide bonds. The largest absolute Gasteiger partial charge is 0.444 e. The fourth-order valence-electron chi connectivity index (χ4n) is 3.71. The summed E-state index contributed by atoms with van der Waals surface area (Å²) in [5.74, 6) is -1.54. The molecule has 1 aromatic carbocycles. The van der Waals surface area contributed by atoms with Gasteiger partial charge in [0.25, 0.3) is 11.7 Å².